The van der Waals surface area contributed by atoms with Gasteiger partial charge in [0, 0.05) is 18.8 Å². The van der Waals surface area contributed by atoms with Gasteiger partial charge < -0.3 is 15.4 Å². The molecule has 2 N–H and O–H groups in total. The van der Waals surface area contributed by atoms with Crippen LogP contribution in [0.4, 0.5) is 10.5 Å². The van der Waals surface area contributed by atoms with E-state index in [9.17, 15) is 4.79 Å². The first-order valence-corrected chi connectivity index (χ1v) is 5.94. The highest BCUT2D eigenvalue weighted by Gasteiger charge is 2.15. The highest BCUT2D eigenvalue weighted by Crippen LogP contribution is 2.11. The first-order chi connectivity index (χ1) is 8.78. The van der Waals surface area contributed by atoms with Gasteiger partial charge >= 0.3 is 6.03 Å². The van der Waals surface area contributed by atoms with Crippen molar-refractivity contribution >= 4 is 11.7 Å². The topological polar surface area (TPSA) is 74.2 Å². The molecular formula is C13H15N3O2. The summed E-state index contributed by atoms with van der Waals surface area (Å²) in [7, 11) is 0. The molecule has 0 spiro atoms. The molecule has 1 aromatic carbocycles. The van der Waals surface area contributed by atoms with Crippen LogP contribution in [0.3, 0.4) is 0 Å². The van der Waals surface area contributed by atoms with Gasteiger partial charge in [-0.1, -0.05) is 0 Å². The third kappa shape index (κ3) is 3.47. The molecular weight excluding hydrogens is 230 g/mol. The average molecular weight is 245 g/mol. The Kier molecular flexibility index (Phi) is 4.15. The average Bonchev–Trinajstić information content (AvgIpc) is 2.90. The van der Waals surface area contributed by atoms with E-state index < -0.39 is 0 Å². The van der Waals surface area contributed by atoms with Crippen LogP contribution in [0.2, 0.25) is 0 Å². The molecule has 1 heterocycles. The number of nitrogens with zero attached hydrogens (tertiary/aromatic N) is 1. The first kappa shape index (κ1) is 12.4. The summed E-state index contributed by atoms with van der Waals surface area (Å²) >= 11 is 0. The van der Waals surface area contributed by atoms with E-state index in [1.165, 1.54) is 0 Å². The highest BCUT2D eigenvalue weighted by atomic mass is 16.5. The fourth-order valence-electron chi connectivity index (χ4n) is 1.82. The van der Waals surface area contributed by atoms with Gasteiger partial charge in [-0.2, -0.15) is 5.26 Å². The van der Waals surface area contributed by atoms with Crippen LogP contribution in [0.5, 0.6) is 0 Å². The molecule has 5 nitrogen and oxygen atoms in total. The van der Waals surface area contributed by atoms with Gasteiger partial charge in [0.25, 0.3) is 0 Å². The molecule has 94 valence electrons. The van der Waals surface area contributed by atoms with Crippen molar-refractivity contribution in [3.05, 3.63) is 29.8 Å². The number of amides is 2. The molecule has 1 saturated heterocycles. The number of nitriles is 1. The summed E-state index contributed by atoms with van der Waals surface area (Å²) in [6.07, 6.45) is 2.19. The summed E-state index contributed by atoms with van der Waals surface area (Å²) in [5, 5.41) is 14.1. The predicted molar refractivity (Wildman–Crippen MR) is 67.2 cm³/mol. The third-order valence-electron chi connectivity index (χ3n) is 2.79. The van der Waals surface area contributed by atoms with Gasteiger partial charge in [0.15, 0.2) is 0 Å². The second-order valence-corrected chi connectivity index (χ2v) is 4.16. The minimum atomic E-state index is -0.254. The Hall–Kier alpha value is -2.06. The number of carbonyl (C=O) groups is 1. The number of nitrogens with one attached hydrogen (secondary N) is 2. The number of carbonyl (C=O) groups excluding carboxylic acids is 1. The zero-order valence-corrected chi connectivity index (χ0v) is 9.98. The molecule has 18 heavy (non-hydrogen) atoms. The summed E-state index contributed by atoms with van der Waals surface area (Å²) in [6, 6.07) is 8.49. The molecule has 1 fully saturated rings. The molecule has 0 unspecified atom stereocenters. The second kappa shape index (κ2) is 6.03. The minimum absolute atomic E-state index is 0.136. The molecule has 0 radical (unpaired) electrons. The Morgan fingerprint density at radius 3 is 2.83 bits per heavy atom. The Labute approximate surface area is 106 Å². The van der Waals surface area contributed by atoms with Gasteiger partial charge in [0.1, 0.15) is 0 Å². The van der Waals surface area contributed by atoms with Gasteiger partial charge in [0.2, 0.25) is 0 Å². The van der Waals surface area contributed by atoms with Crippen LogP contribution >= 0.6 is 0 Å². The molecule has 0 saturated carbocycles. The first-order valence-electron chi connectivity index (χ1n) is 5.94. The predicted octanol–water partition coefficient (Wildman–Crippen LogP) is 1.86. The molecule has 1 aliphatic rings. The lowest BCUT2D eigenvalue weighted by Crippen LogP contribution is -2.34. The van der Waals surface area contributed by atoms with Crippen LogP contribution in [-0.2, 0) is 4.74 Å². The number of benzene rings is 1. The van der Waals surface area contributed by atoms with E-state index in [2.05, 4.69) is 10.6 Å². The largest absolute Gasteiger partial charge is 0.376 e. The molecule has 1 atom stereocenters. The summed E-state index contributed by atoms with van der Waals surface area (Å²) in [5.74, 6) is 0. The molecule has 1 aromatic rings. The number of hydrogen-bond acceptors (Lipinski definition) is 3. The quantitative estimate of drug-likeness (QED) is 0.853. The fraction of sp³-hybridized carbons (Fsp3) is 0.385. The Bertz CT molecular complexity index is 444. The van der Waals surface area contributed by atoms with E-state index in [1.54, 1.807) is 24.3 Å². The molecule has 5 heteroatoms. The van der Waals surface area contributed by atoms with E-state index in [4.69, 9.17) is 10.00 Å². The Morgan fingerprint density at radius 1 is 1.44 bits per heavy atom. The van der Waals surface area contributed by atoms with Crippen LogP contribution in [-0.4, -0.2) is 25.3 Å². The summed E-state index contributed by atoms with van der Waals surface area (Å²) < 4.78 is 5.41. The lowest BCUT2D eigenvalue weighted by atomic mass is 10.2. The van der Waals surface area contributed by atoms with E-state index in [-0.39, 0.29) is 12.1 Å². The van der Waals surface area contributed by atoms with Crippen molar-refractivity contribution in [2.45, 2.75) is 18.9 Å². The summed E-state index contributed by atoms with van der Waals surface area (Å²) in [4.78, 5) is 11.6. The maximum atomic E-state index is 11.6. The maximum absolute atomic E-state index is 11.6. The lowest BCUT2D eigenvalue weighted by Gasteiger charge is -2.11. The molecule has 1 aliphatic heterocycles. The van der Waals surface area contributed by atoms with E-state index in [0.29, 0.717) is 17.8 Å². The Balaban J connectivity index is 1.77. The maximum Gasteiger partial charge on any atom is 0.319 e. The monoisotopic (exact) mass is 245 g/mol. The normalized spacial score (nSPS) is 18.1. The SMILES string of the molecule is N#Cc1ccc(NC(=O)NC[C@@H]2CCCO2)cc1. The van der Waals surface area contributed by atoms with Crippen LogP contribution in [0.25, 0.3) is 0 Å². The fourth-order valence-corrected chi connectivity index (χ4v) is 1.82. The number of hydrogen-bond donors (Lipinski definition) is 2. The zero-order chi connectivity index (χ0) is 12.8. The van der Waals surface area contributed by atoms with Gasteiger partial charge in [-0.15, -0.1) is 0 Å². The summed E-state index contributed by atoms with van der Waals surface area (Å²) in [5.41, 5.74) is 1.24. The van der Waals surface area contributed by atoms with Crippen molar-refractivity contribution in [2.24, 2.45) is 0 Å². The second-order valence-electron chi connectivity index (χ2n) is 4.16. The van der Waals surface area contributed by atoms with Crippen molar-refractivity contribution in [3.63, 3.8) is 0 Å². The molecule has 0 bridgehead atoms. The number of urea groups is 1. The lowest BCUT2D eigenvalue weighted by molar-refractivity contribution is 0.112. The van der Waals surface area contributed by atoms with Crippen molar-refractivity contribution in [1.82, 2.24) is 5.32 Å². The van der Waals surface area contributed by atoms with Crippen molar-refractivity contribution in [3.8, 4) is 6.07 Å². The van der Waals surface area contributed by atoms with Crippen LogP contribution in [0, 0.1) is 11.3 Å². The summed E-state index contributed by atoms with van der Waals surface area (Å²) in [6.45, 7) is 1.31. The molecule has 0 aromatic heterocycles. The van der Waals surface area contributed by atoms with Gasteiger partial charge in [-0.25, -0.2) is 4.79 Å². The molecule has 0 aliphatic carbocycles. The Morgan fingerprint density at radius 2 is 2.22 bits per heavy atom. The zero-order valence-electron chi connectivity index (χ0n) is 9.98. The van der Waals surface area contributed by atoms with Crippen molar-refractivity contribution in [2.75, 3.05) is 18.5 Å². The third-order valence-corrected chi connectivity index (χ3v) is 2.79. The minimum Gasteiger partial charge on any atom is -0.376 e. The number of ether oxygens (including phenoxy) is 1. The standard InChI is InChI=1S/C13H15N3O2/c14-8-10-3-5-11(6-4-10)16-13(17)15-9-12-2-1-7-18-12/h3-6,12H,1-2,7,9H2,(H2,15,16,17)/t12-/m0/s1. The van der Waals surface area contributed by atoms with Crippen LogP contribution in [0.1, 0.15) is 18.4 Å². The van der Waals surface area contributed by atoms with Crippen molar-refractivity contribution < 1.29 is 9.53 Å². The van der Waals surface area contributed by atoms with E-state index >= 15 is 0 Å². The van der Waals surface area contributed by atoms with E-state index in [1.807, 2.05) is 6.07 Å². The van der Waals surface area contributed by atoms with Gasteiger partial charge in [-0.3, -0.25) is 0 Å². The smallest absolute Gasteiger partial charge is 0.319 e. The number of rotatable bonds is 3. The van der Waals surface area contributed by atoms with Crippen LogP contribution in [0.15, 0.2) is 24.3 Å². The van der Waals surface area contributed by atoms with Gasteiger partial charge in [0.05, 0.1) is 17.7 Å². The highest BCUT2D eigenvalue weighted by molar-refractivity contribution is 5.89. The van der Waals surface area contributed by atoms with Crippen LogP contribution < -0.4 is 10.6 Å². The molecule has 2 amide bonds. The van der Waals surface area contributed by atoms with Crippen molar-refractivity contribution in [1.29, 1.82) is 5.26 Å². The number of anilines is 1. The van der Waals surface area contributed by atoms with Gasteiger partial charge in [-0.05, 0) is 37.1 Å². The molecule has 2 rings (SSSR count). The van der Waals surface area contributed by atoms with E-state index in [0.717, 1.165) is 19.4 Å².